The first-order chi connectivity index (χ1) is 12.1. The van der Waals surface area contributed by atoms with Crippen molar-refractivity contribution in [2.75, 3.05) is 13.1 Å². The lowest BCUT2D eigenvalue weighted by Gasteiger charge is -2.42. The number of nitrogens with one attached hydrogen (secondary N) is 2. The molecular weight excluding hydrogens is 318 g/mol. The Morgan fingerprint density at radius 3 is 2.92 bits per heavy atom. The number of aromatic nitrogens is 3. The highest BCUT2D eigenvalue weighted by Gasteiger charge is 2.43. The molecular formula is C18H21N5O2. The van der Waals surface area contributed by atoms with Crippen LogP contribution in [0.3, 0.4) is 0 Å². The largest absolute Gasteiger partial charge is 0.389 e. The molecule has 0 spiro atoms. The molecule has 1 amide bonds. The molecule has 2 aromatic heterocycles. The molecule has 130 valence electrons. The third-order valence-electron chi connectivity index (χ3n) is 5.01. The van der Waals surface area contributed by atoms with Crippen molar-refractivity contribution in [2.45, 2.75) is 18.1 Å². The molecule has 25 heavy (non-hydrogen) atoms. The summed E-state index contributed by atoms with van der Waals surface area (Å²) in [7, 11) is 1.88. The summed E-state index contributed by atoms with van der Waals surface area (Å²) >= 11 is 0. The van der Waals surface area contributed by atoms with E-state index in [1.807, 2.05) is 48.1 Å². The van der Waals surface area contributed by atoms with Crippen LogP contribution in [0.25, 0.3) is 5.65 Å². The predicted molar refractivity (Wildman–Crippen MR) is 93.2 cm³/mol. The molecule has 7 heteroatoms. The van der Waals surface area contributed by atoms with Crippen LogP contribution in [0.5, 0.6) is 0 Å². The van der Waals surface area contributed by atoms with E-state index in [0.717, 1.165) is 17.8 Å². The lowest BCUT2D eigenvalue weighted by Crippen LogP contribution is -2.61. The van der Waals surface area contributed by atoms with Crippen LogP contribution in [0.1, 0.15) is 22.3 Å². The number of benzene rings is 1. The average molecular weight is 339 g/mol. The maximum absolute atomic E-state index is 13.1. The number of nitrogens with zero attached hydrogens (tertiary/aromatic N) is 3. The molecule has 7 nitrogen and oxygen atoms in total. The molecule has 3 aromatic rings. The van der Waals surface area contributed by atoms with E-state index in [1.165, 1.54) is 0 Å². The number of piperidine rings is 1. The standard InChI is InChI=1S/C18H21N5O2/c1-22-9-10-23-17(22)14(11-20-23)16(25)21-18(7-8-19-12-15(18)24)13-5-3-2-4-6-13/h2-6,9-11,15,19,24H,7-8,12H2,1H3,(H,21,25)/t15-,18-/m1/s1. The number of β-amino-alcohol motifs (C(OH)–C–C–N with tert-alkyl or cyclic N) is 1. The molecule has 3 N–H and O–H groups in total. The maximum atomic E-state index is 13.1. The fourth-order valence-corrected chi connectivity index (χ4v) is 3.64. The molecule has 1 saturated heterocycles. The van der Waals surface area contributed by atoms with Crippen molar-refractivity contribution in [2.24, 2.45) is 7.05 Å². The zero-order chi connectivity index (χ0) is 17.4. The van der Waals surface area contributed by atoms with Gasteiger partial charge in [-0.15, -0.1) is 0 Å². The van der Waals surface area contributed by atoms with Gasteiger partial charge in [-0.2, -0.15) is 5.10 Å². The summed E-state index contributed by atoms with van der Waals surface area (Å²) < 4.78 is 3.53. The van der Waals surface area contributed by atoms with Crippen LogP contribution >= 0.6 is 0 Å². The fourth-order valence-electron chi connectivity index (χ4n) is 3.64. The van der Waals surface area contributed by atoms with Crippen LogP contribution in [-0.2, 0) is 12.6 Å². The number of imidazole rings is 1. The van der Waals surface area contributed by atoms with Gasteiger partial charge in [-0.1, -0.05) is 30.3 Å². The number of fused-ring (bicyclic) bond motifs is 1. The van der Waals surface area contributed by atoms with Crippen molar-refractivity contribution in [1.82, 2.24) is 24.8 Å². The summed E-state index contributed by atoms with van der Waals surface area (Å²) in [5, 5.41) is 21.3. The van der Waals surface area contributed by atoms with Gasteiger partial charge < -0.3 is 20.3 Å². The molecule has 1 fully saturated rings. The molecule has 0 radical (unpaired) electrons. The molecule has 3 heterocycles. The fraction of sp³-hybridized carbons (Fsp3) is 0.333. The van der Waals surface area contributed by atoms with Gasteiger partial charge in [-0.3, -0.25) is 4.79 Å². The molecule has 4 rings (SSSR count). The normalized spacial score (nSPS) is 23.7. The van der Waals surface area contributed by atoms with Gasteiger partial charge in [0.05, 0.1) is 17.8 Å². The van der Waals surface area contributed by atoms with Gasteiger partial charge in [0.1, 0.15) is 11.2 Å². The number of aryl methyl sites for hydroxylation is 1. The monoisotopic (exact) mass is 339 g/mol. The molecule has 0 unspecified atom stereocenters. The summed E-state index contributed by atoms with van der Waals surface area (Å²) in [4.78, 5) is 13.1. The van der Waals surface area contributed by atoms with Gasteiger partial charge in [0, 0.05) is 26.0 Å². The summed E-state index contributed by atoms with van der Waals surface area (Å²) in [6.07, 6.45) is 5.12. The van der Waals surface area contributed by atoms with E-state index in [4.69, 9.17) is 0 Å². The first-order valence-electron chi connectivity index (χ1n) is 8.37. The summed E-state index contributed by atoms with van der Waals surface area (Å²) in [6, 6.07) is 9.67. The van der Waals surface area contributed by atoms with E-state index in [-0.39, 0.29) is 5.91 Å². The minimum Gasteiger partial charge on any atom is -0.389 e. The summed E-state index contributed by atoms with van der Waals surface area (Å²) in [5.41, 5.74) is 1.31. The van der Waals surface area contributed by atoms with Gasteiger partial charge in [-0.25, -0.2) is 4.52 Å². The SMILES string of the molecule is Cn1ccn2ncc(C(=O)N[C@@]3(c4ccccc4)CCNC[C@H]3O)c12. The van der Waals surface area contributed by atoms with Crippen LogP contribution in [0.4, 0.5) is 0 Å². The van der Waals surface area contributed by atoms with Crippen molar-refractivity contribution < 1.29 is 9.90 Å². The van der Waals surface area contributed by atoms with Gasteiger partial charge >= 0.3 is 0 Å². The maximum Gasteiger partial charge on any atom is 0.257 e. The Labute approximate surface area is 145 Å². The van der Waals surface area contributed by atoms with Gasteiger partial charge in [-0.05, 0) is 18.5 Å². The number of rotatable bonds is 3. The van der Waals surface area contributed by atoms with E-state index in [0.29, 0.717) is 18.5 Å². The van der Waals surface area contributed by atoms with E-state index < -0.39 is 11.6 Å². The van der Waals surface area contributed by atoms with Crippen molar-refractivity contribution >= 4 is 11.6 Å². The lowest BCUT2D eigenvalue weighted by atomic mass is 9.79. The van der Waals surface area contributed by atoms with Gasteiger partial charge in [0.25, 0.3) is 5.91 Å². The number of aliphatic hydroxyl groups is 1. The van der Waals surface area contributed by atoms with Crippen LogP contribution < -0.4 is 10.6 Å². The Morgan fingerprint density at radius 1 is 1.36 bits per heavy atom. The second-order valence-electron chi connectivity index (χ2n) is 6.50. The van der Waals surface area contributed by atoms with Crippen molar-refractivity contribution in [1.29, 1.82) is 0 Å². The molecule has 0 aliphatic carbocycles. The summed E-state index contributed by atoms with van der Waals surface area (Å²) in [5.74, 6) is -0.235. The van der Waals surface area contributed by atoms with E-state index >= 15 is 0 Å². The smallest absolute Gasteiger partial charge is 0.257 e. The third kappa shape index (κ3) is 2.52. The minimum atomic E-state index is -0.816. The van der Waals surface area contributed by atoms with E-state index in [2.05, 4.69) is 15.7 Å². The minimum absolute atomic E-state index is 0.235. The van der Waals surface area contributed by atoms with Crippen molar-refractivity contribution in [3.05, 3.63) is 60.0 Å². The molecule has 0 saturated carbocycles. The molecule has 0 bridgehead atoms. The molecule has 1 aliphatic heterocycles. The first kappa shape index (κ1) is 15.9. The topological polar surface area (TPSA) is 83.6 Å². The van der Waals surface area contributed by atoms with Crippen molar-refractivity contribution in [3.8, 4) is 0 Å². The summed E-state index contributed by atoms with van der Waals surface area (Å²) in [6.45, 7) is 1.16. The Kier molecular flexibility index (Phi) is 3.82. The Balaban J connectivity index is 1.74. The Morgan fingerprint density at radius 2 is 2.16 bits per heavy atom. The number of hydrogen-bond acceptors (Lipinski definition) is 4. The van der Waals surface area contributed by atoms with Crippen LogP contribution in [0.15, 0.2) is 48.9 Å². The zero-order valence-corrected chi connectivity index (χ0v) is 14.0. The Bertz CT molecular complexity index is 901. The number of aliphatic hydroxyl groups excluding tert-OH is 1. The molecule has 1 aromatic carbocycles. The number of amides is 1. The third-order valence-corrected chi connectivity index (χ3v) is 5.01. The van der Waals surface area contributed by atoms with Crippen LogP contribution in [0, 0.1) is 0 Å². The van der Waals surface area contributed by atoms with E-state index in [9.17, 15) is 9.90 Å². The second-order valence-corrected chi connectivity index (χ2v) is 6.50. The highest BCUT2D eigenvalue weighted by molar-refractivity contribution is 6.00. The Hall–Kier alpha value is -2.64. The highest BCUT2D eigenvalue weighted by atomic mass is 16.3. The van der Waals surface area contributed by atoms with Gasteiger partial charge in [0.15, 0.2) is 0 Å². The quantitative estimate of drug-likeness (QED) is 0.654. The number of hydrogen-bond donors (Lipinski definition) is 3. The highest BCUT2D eigenvalue weighted by Crippen LogP contribution is 2.31. The number of carbonyl (C=O) groups is 1. The first-order valence-corrected chi connectivity index (χ1v) is 8.37. The van der Waals surface area contributed by atoms with Gasteiger partial charge in [0.2, 0.25) is 0 Å². The molecule has 1 aliphatic rings. The van der Waals surface area contributed by atoms with Crippen LogP contribution in [-0.4, -0.2) is 44.4 Å². The van der Waals surface area contributed by atoms with E-state index in [1.54, 1.807) is 16.9 Å². The zero-order valence-electron chi connectivity index (χ0n) is 14.0. The lowest BCUT2D eigenvalue weighted by molar-refractivity contribution is 0.0290. The van der Waals surface area contributed by atoms with Crippen molar-refractivity contribution in [3.63, 3.8) is 0 Å². The second kappa shape index (κ2) is 6.02. The number of carbonyl (C=O) groups excluding carboxylic acids is 1. The predicted octanol–water partition coefficient (Wildman–Crippen LogP) is 0.652. The van der Waals surface area contributed by atoms with Crippen LogP contribution in [0.2, 0.25) is 0 Å². The molecule has 2 atom stereocenters. The average Bonchev–Trinajstić information content (AvgIpc) is 3.21.